The van der Waals surface area contributed by atoms with Gasteiger partial charge in [0.05, 0.1) is 5.69 Å². The van der Waals surface area contributed by atoms with Crippen LogP contribution < -0.4 is 16.7 Å². The number of carbonyl (C=O) groups is 1. The van der Waals surface area contributed by atoms with Gasteiger partial charge in [0.25, 0.3) is 0 Å². The maximum absolute atomic E-state index is 11.8. The third-order valence-electron chi connectivity index (χ3n) is 2.45. The zero-order valence-electron chi connectivity index (χ0n) is 10.1. The van der Waals surface area contributed by atoms with Crippen LogP contribution >= 0.6 is 15.9 Å². The largest absolute Gasteiger partial charge is 0.399 e. The maximum Gasteiger partial charge on any atom is 0.345 e. The summed E-state index contributed by atoms with van der Waals surface area (Å²) in [6, 6.07) is 5.04. The molecule has 100 valence electrons. The van der Waals surface area contributed by atoms with E-state index in [0.717, 1.165) is 4.68 Å². The average Bonchev–Trinajstić information content (AvgIpc) is 2.65. The molecule has 1 amide bonds. The van der Waals surface area contributed by atoms with E-state index in [1.54, 1.807) is 25.2 Å². The first kappa shape index (κ1) is 13.3. The average molecular weight is 326 g/mol. The van der Waals surface area contributed by atoms with Gasteiger partial charge in [-0.2, -0.15) is 5.10 Å². The Balaban J connectivity index is 2.09. The highest BCUT2D eigenvalue weighted by Crippen LogP contribution is 2.24. The molecule has 0 atom stereocenters. The van der Waals surface area contributed by atoms with E-state index in [0.29, 0.717) is 15.8 Å². The minimum absolute atomic E-state index is 0.142. The molecule has 0 saturated carbocycles. The van der Waals surface area contributed by atoms with E-state index in [-0.39, 0.29) is 18.1 Å². The summed E-state index contributed by atoms with van der Waals surface area (Å²) < 4.78 is 3.06. The molecule has 0 radical (unpaired) electrons. The molecule has 1 heterocycles. The zero-order chi connectivity index (χ0) is 14.0. The molecule has 0 aliphatic heterocycles. The summed E-state index contributed by atoms with van der Waals surface area (Å²) in [6.45, 7) is -0.142. The molecule has 0 saturated heterocycles. The number of rotatable bonds is 3. The SMILES string of the molecule is Cn1cnn(CC(=O)Nc2ccc(N)cc2Br)c1=O. The van der Waals surface area contributed by atoms with Gasteiger partial charge in [-0.1, -0.05) is 0 Å². The minimum Gasteiger partial charge on any atom is -0.399 e. The van der Waals surface area contributed by atoms with Crippen LogP contribution in [0.3, 0.4) is 0 Å². The highest BCUT2D eigenvalue weighted by atomic mass is 79.9. The lowest BCUT2D eigenvalue weighted by atomic mass is 10.3. The fraction of sp³-hybridized carbons (Fsp3) is 0.182. The summed E-state index contributed by atoms with van der Waals surface area (Å²) in [4.78, 5) is 23.3. The van der Waals surface area contributed by atoms with E-state index in [2.05, 4.69) is 26.3 Å². The summed E-state index contributed by atoms with van der Waals surface area (Å²) in [6.07, 6.45) is 1.36. The lowest BCUT2D eigenvalue weighted by Crippen LogP contribution is -2.29. The number of nitrogen functional groups attached to an aromatic ring is 1. The quantitative estimate of drug-likeness (QED) is 0.806. The summed E-state index contributed by atoms with van der Waals surface area (Å²) in [5, 5.41) is 6.48. The van der Waals surface area contributed by atoms with Crippen molar-refractivity contribution in [3.8, 4) is 0 Å². The van der Waals surface area contributed by atoms with Crippen LogP contribution in [0.1, 0.15) is 0 Å². The first-order chi connectivity index (χ1) is 8.97. The monoisotopic (exact) mass is 325 g/mol. The second-order valence-electron chi connectivity index (χ2n) is 3.97. The Morgan fingerprint density at radius 1 is 1.53 bits per heavy atom. The van der Waals surface area contributed by atoms with Crippen molar-refractivity contribution >= 4 is 33.2 Å². The van der Waals surface area contributed by atoms with Crippen molar-refractivity contribution < 1.29 is 4.79 Å². The fourth-order valence-corrected chi connectivity index (χ4v) is 1.98. The van der Waals surface area contributed by atoms with Gasteiger partial charge in [0.1, 0.15) is 12.9 Å². The number of nitrogens with zero attached hydrogens (tertiary/aromatic N) is 3. The minimum atomic E-state index is -0.341. The molecule has 2 rings (SSSR count). The molecule has 8 heteroatoms. The summed E-state index contributed by atoms with van der Waals surface area (Å²) >= 11 is 3.30. The number of nitrogens with one attached hydrogen (secondary N) is 1. The molecule has 1 aromatic heterocycles. The number of benzene rings is 1. The second-order valence-corrected chi connectivity index (χ2v) is 4.82. The number of nitrogens with two attached hydrogens (primary N) is 1. The van der Waals surface area contributed by atoms with Gasteiger partial charge >= 0.3 is 5.69 Å². The van der Waals surface area contributed by atoms with Crippen molar-refractivity contribution in [1.82, 2.24) is 14.3 Å². The van der Waals surface area contributed by atoms with Gasteiger partial charge in [0.2, 0.25) is 5.91 Å². The van der Waals surface area contributed by atoms with Gasteiger partial charge in [0.15, 0.2) is 0 Å². The van der Waals surface area contributed by atoms with Crippen LogP contribution in [-0.2, 0) is 18.4 Å². The van der Waals surface area contributed by atoms with Crippen LogP contribution in [0.5, 0.6) is 0 Å². The van der Waals surface area contributed by atoms with Crippen LogP contribution in [0.25, 0.3) is 0 Å². The summed E-state index contributed by atoms with van der Waals surface area (Å²) in [5.41, 5.74) is 6.44. The normalized spacial score (nSPS) is 10.4. The number of hydrogen-bond acceptors (Lipinski definition) is 4. The molecule has 19 heavy (non-hydrogen) atoms. The van der Waals surface area contributed by atoms with Crippen molar-refractivity contribution in [1.29, 1.82) is 0 Å². The molecular formula is C11H12BrN5O2. The van der Waals surface area contributed by atoms with E-state index in [9.17, 15) is 9.59 Å². The highest BCUT2D eigenvalue weighted by molar-refractivity contribution is 9.10. The highest BCUT2D eigenvalue weighted by Gasteiger charge is 2.09. The van der Waals surface area contributed by atoms with Crippen LogP contribution in [0.15, 0.2) is 33.8 Å². The number of halogens is 1. The third-order valence-corrected chi connectivity index (χ3v) is 3.10. The molecule has 0 fully saturated rings. The van der Waals surface area contributed by atoms with Gasteiger partial charge < -0.3 is 11.1 Å². The number of amides is 1. The van der Waals surface area contributed by atoms with E-state index >= 15 is 0 Å². The Bertz CT molecular complexity index is 676. The van der Waals surface area contributed by atoms with Gasteiger partial charge in [-0.05, 0) is 34.1 Å². The lowest BCUT2D eigenvalue weighted by molar-refractivity contribution is -0.117. The maximum atomic E-state index is 11.8. The van der Waals surface area contributed by atoms with Gasteiger partial charge in [-0.25, -0.2) is 9.48 Å². The standard InChI is InChI=1S/C11H12BrN5O2/c1-16-6-14-17(11(16)19)5-10(18)15-9-3-2-7(13)4-8(9)12/h2-4,6H,5,13H2,1H3,(H,15,18). The lowest BCUT2D eigenvalue weighted by Gasteiger charge is -2.07. The van der Waals surface area contributed by atoms with Gasteiger partial charge in [-0.3, -0.25) is 9.36 Å². The Morgan fingerprint density at radius 2 is 2.26 bits per heavy atom. The number of hydrogen-bond donors (Lipinski definition) is 2. The smallest absolute Gasteiger partial charge is 0.345 e. The molecule has 7 nitrogen and oxygen atoms in total. The second kappa shape index (κ2) is 5.27. The Kier molecular flexibility index (Phi) is 3.70. The third kappa shape index (κ3) is 3.02. The topological polar surface area (TPSA) is 94.9 Å². The fourth-order valence-electron chi connectivity index (χ4n) is 1.49. The van der Waals surface area contributed by atoms with E-state index in [1.807, 2.05) is 0 Å². The van der Waals surface area contributed by atoms with Crippen LogP contribution in [0, 0.1) is 0 Å². The first-order valence-corrected chi connectivity index (χ1v) is 6.20. The van der Waals surface area contributed by atoms with Crippen molar-refractivity contribution in [2.24, 2.45) is 7.05 Å². The number of carbonyl (C=O) groups excluding carboxylic acids is 1. The number of aryl methyl sites for hydroxylation is 1. The van der Waals surface area contributed by atoms with Crippen LogP contribution in [-0.4, -0.2) is 20.3 Å². The number of anilines is 2. The van der Waals surface area contributed by atoms with E-state index in [1.165, 1.54) is 10.9 Å². The van der Waals surface area contributed by atoms with Crippen molar-refractivity contribution in [2.45, 2.75) is 6.54 Å². The first-order valence-electron chi connectivity index (χ1n) is 5.40. The van der Waals surface area contributed by atoms with Crippen molar-refractivity contribution in [2.75, 3.05) is 11.1 Å². The summed E-state index contributed by atoms with van der Waals surface area (Å²) in [7, 11) is 1.57. The van der Waals surface area contributed by atoms with Crippen molar-refractivity contribution in [3.63, 3.8) is 0 Å². The van der Waals surface area contributed by atoms with E-state index in [4.69, 9.17) is 5.73 Å². The molecule has 1 aromatic carbocycles. The molecular weight excluding hydrogens is 314 g/mol. The summed E-state index contributed by atoms with van der Waals surface area (Å²) in [5.74, 6) is -0.341. The molecule has 0 bridgehead atoms. The van der Waals surface area contributed by atoms with Gasteiger partial charge in [-0.15, -0.1) is 0 Å². The molecule has 2 aromatic rings. The Labute approximate surface area is 117 Å². The zero-order valence-corrected chi connectivity index (χ0v) is 11.7. The molecule has 0 aliphatic rings. The van der Waals surface area contributed by atoms with Gasteiger partial charge in [0, 0.05) is 17.2 Å². The predicted molar refractivity (Wildman–Crippen MR) is 74.7 cm³/mol. The van der Waals surface area contributed by atoms with E-state index < -0.39 is 0 Å². The molecule has 0 spiro atoms. The Morgan fingerprint density at radius 3 is 2.84 bits per heavy atom. The Hall–Kier alpha value is -2.09. The molecule has 0 aliphatic carbocycles. The molecule has 3 N–H and O–H groups in total. The van der Waals surface area contributed by atoms with Crippen molar-refractivity contribution in [3.05, 3.63) is 39.5 Å². The molecule has 0 unspecified atom stereocenters. The number of aromatic nitrogens is 3. The predicted octanol–water partition coefficient (Wildman–Crippen LogP) is 0.565. The van der Waals surface area contributed by atoms with Crippen LogP contribution in [0.4, 0.5) is 11.4 Å². The van der Waals surface area contributed by atoms with Crippen LogP contribution in [0.2, 0.25) is 0 Å².